The van der Waals surface area contributed by atoms with Gasteiger partial charge in [0, 0.05) is 19.7 Å². The summed E-state index contributed by atoms with van der Waals surface area (Å²) >= 11 is 0. The van der Waals surface area contributed by atoms with E-state index in [1.807, 2.05) is 0 Å². The highest BCUT2D eigenvalue weighted by Crippen LogP contribution is 2.27. The van der Waals surface area contributed by atoms with Crippen molar-refractivity contribution in [3.05, 3.63) is 11.8 Å². The van der Waals surface area contributed by atoms with Crippen LogP contribution in [0.1, 0.15) is 42.5 Å². The van der Waals surface area contributed by atoms with Gasteiger partial charge in [-0.15, -0.1) is 0 Å². The van der Waals surface area contributed by atoms with E-state index in [0.29, 0.717) is 17.3 Å². The van der Waals surface area contributed by atoms with Crippen molar-refractivity contribution in [3.8, 4) is 6.01 Å². The van der Waals surface area contributed by atoms with Crippen LogP contribution in [0.25, 0.3) is 0 Å². The molecule has 0 aliphatic carbocycles. The summed E-state index contributed by atoms with van der Waals surface area (Å²) in [6.07, 6.45) is 6.65. The van der Waals surface area contributed by atoms with Gasteiger partial charge in [0.15, 0.2) is 12.1 Å². The Labute approximate surface area is 153 Å². The van der Waals surface area contributed by atoms with Gasteiger partial charge in [0.2, 0.25) is 0 Å². The molecule has 1 aromatic heterocycles. The Balaban J connectivity index is 1.57. The molecule has 2 fully saturated rings. The number of methoxy groups -OCH3 is 2. The van der Waals surface area contributed by atoms with Crippen LogP contribution in [0.2, 0.25) is 0 Å². The molecule has 1 unspecified atom stereocenters. The van der Waals surface area contributed by atoms with Crippen LogP contribution in [0.5, 0.6) is 6.01 Å². The number of esters is 1. The van der Waals surface area contributed by atoms with Gasteiger partial charge in [0.05, 0.1) is 27.0 Å². The number of ether oxygens (including phenoxy) is 4. The molecule has 0 bridgehead atoms. The summed E-state index contributed by atoms with van der Waals surface area (Å²) in [4.78, 5) is 22.5. The number of hydrogen-bond donors (Lipinski definition) is 0. The molecule has 144 valence electrons. The third-order valence-corrected chi connectivity index (χ3v) is 4.90. The van der Waals surface area contributed by atoms with Crippen LogP contribution in [0.4, 0.5) is 5.82 Å². The Morgan fingerprint density at radius 3 is 2.73 bits per heavy atom. The molecule has 8 heteroatoms. The maximum absolute atomic E-state index is 12.0. The first-order valence-corrected chi connectivity index (χ1v) is 9.18. The molecule has 3 heterocycles. The maximum Gasteiger partial charge on any atom is 0.343 e. The molecule has 2 aliphatic heterocycles. The number of nitrogens with zero attached hydrogens (tertiary/aromatic N) is 3. The van der Waals surface area contributed by atoms with Crippen molar-refractivity contribution >= 4 is 11.8 Å². The first-order chi connectivity index (χ1) is 12.7. The second-order valence-corrected chi connectivity index (χ2v) is 6.65. The molecule has 0 radical (unpaired) electrons. The smallest absolute Gasteiger partial charge is 0.343 e. The Bertz CT molecular complexity index is 598. The summed E-state index contributed by atoms with van der Waals surface area (Å²) in [5, 5.41) is 0. The Morgan fingerprint density at radius 2 is 2.08 bits per heavy atom. The van der Waals surface area contributed by atoms with Crippen LogP contribution in [0.3, 0.4) is 0 Å². The summed E-state index contributed by atoms with van der Waals surface area (Å²) < 4.78 is 21.5. The summed E-state index contributed by atoms with van der Waals surface area (Å²) in [5.74, 6) is 0.614. The summed E-state index contributed by atoms with van der Waals surface area (Å²) in [5.41, 5.74) is 0.360. The Kier molecular flexibility index (Phi) is 6.62. The number of aromatic nitrogens is 2. The van der Waals surface area contributed by atoms with Crippen molar-refractivity contribution in [2.75, 3.05) is 45.4 Å². The maximum atomic E-state index is 12.0. The van der Waals surface area contributed by atoms with E-state index in [1.165, 1.54) is 26.8 Å². The minimum absolute atomic E-state index is 0.0427. The molecule has 0 N–H and O–H groups in total. The van der Waals surface area contributed by atoms with Crippen LogP contribution in [-0.4, -0.2) is 62.8 Å². The SMILES string of the molecule is COC(=O)c1cnc(OC)nc1N1CCC(COC2CCCCO2)CC1. The van der Waals surface area contributed by atoms with E-state index >= 15 is 0 Å². The Hall–Kier alpha value is -1.93. The third kappa shape index (κ3) is 4.62. The van der Waals surface area contributed by atoms with Crippen molar-refractivity contribution in [2.45, 2.75) is 38.4 Å². The number of piperidine rings is 1. The van der Waals surface area contributed by atoms with E-state index in [1.54, 1.807) is 0 Å². The van der Waals surface area contributed by atoms with E-state index in [9.17, 15) is 4.79 Å². The second-order valence-electron chi connectivity index (χ2n) is 6.65. The molecule has 2 saturated heterocycles. The highest BCUT2D eigenvalue weighted by atomic mass is 16.7. The van der Waals surface area contributed by atoms with Gasteiger partial charge in [-0.3, -0.25) is 0 Å². The molecular formula is C18H27N3O5. The van der Waals surface area contributed by atoms with Crippen molar-refractivity contribution in [1.82, 2.24) is 9.97 Å². The lowest BCUT2D eigenvalue weighted by atomic mass is 9.97. The van der Waals surface area contributed by atoms with Gasteiger partial charge < -0.3 is 23.8 Å². The van der Waals surface area contributed by atoms with Crippen molar-refractivity contribution in [2.24, 2.45) is 5.92 Å². The monoisotopic (exact) mass is 365 g/mol. The van der Waals surface area contributed by atoms with Crippen LogP contribution in [0.15, 0.2) is 6.20 Å². The fourth-order valence-electron chi connectivity index (χ4n) is 3.35. The molecule has 1 atom stereocenters. The number of carbonyl (C=O) groups excluding carboxylic acids is 1. The van der Waals surface area contributed by atoms with Gasteiger partial charge in [-0.2, -0.15) is 4.98 Å². The quantitative estimate of drug-likeness (QED) is 0.708. The molecular weight excluding hydrogens is 338 g/mol. The summed E-state index contributed by atoms with van der Waals surface area (Å²) in [7, 11) is 2.86. The van der Waals surface area contributed by atoms with E-state index in [2.05, 4.69) is 14.9 Å². The average molecular weight is 365 g/mol. The zero-order valence-electron chi connectivity index (χ0n) is 15.5. The zero-order chi connectivity index (χ0) is 18.4. The van der Waals surface area contributed by atoms with Crippen LogP contribution in [-0.2, 0) is 14.2 Å². The van der Waals surface area contributed by atoms with Crippen molar-refractivity contribution in [1.29, 1.82) is 0 Å². The largest absolute Gasteiger partial charge is 0.467 e. The van der Waals surface area contributed by atoms with E-state index < -0.39 is 5.97 Å². The first kappa shape index (κ1) is 18.8. The number of anilines is 1. The third-order valence-electron chi connectivity index (χ3n) is 4.90. The fraction of sp³-hybridized carbons (Fsp3) is 0.722. The van der Waals surface area contributed by atoms with Crippen LogP contribution in [0, 0.1) is 5.92 Å². The van der Waals surface area contributed by atoms with Crippen LogP contribution < -0.4 is 9.64 Å². The minimum Gasteiger partial charge on any atom is -0.467 e. The summed E-state index contributed by atoms with van der Waals surface area (Å²) in [6, 6.07) is 0.243. The lowest BCUT2D eigenvalue weighted by Gasteiger charge is -2.34. The second kappa shape index (κ2) is 9.14. The number of rotatable bonds is 6. The first-order valence-electron chi connectivity index (χ1n) is 9.18. The van der Waals surface area contributed by atoms with Crippen molar-refractivity contribution in [3.63, 3.8) is 0 Å². The standard InChI is InChI=1S/C18H27N3O5/c1-23-17(22)14-11-19-18(24-2)20-16(14)21-8-6-13(7-9-21)12-26-15-5-3-4-10-25-15/h11,13,15H,3-10,12H2,1-2H3. The zero-order valence-corrected chi connectivity index (χ0v) is 15.5. The van der Waals surface area contributed by atoms with Gasteiger partial charge in [0.1, 0.15) is 5.56 Å². The lowest BCUT2D eigenvalue weighted by Crippen LogP contribution is -2.37. The molecule has 8 nitrogen and oxygen atoms in total. The van der Waals surface area contributed by atoms with E-state index in [0.717, 1.165) is 52.0 Å². The molecule has 3 rings (SSSR count). The van der Waals surface area contributed by atoms with E-state index in [4.69, 9.17) is 18.9 Å². The van der Waals surface area contributed by atoms with Gasteiger partial charge in [-0.25, -0.2) is 9.78 Å². The molecule has 1 aromatic rings. The van der Waals surface area contributed by atoms with E-state index in [-0.39, 0.29) is 12.3 Å². The topological polar surface area (TPSA) is 83.0 Å². The average Bonchev–Trinajstić information content (AvgIpc) is 2.72. The molecule has 2 aliphatic rings. The predicted molar refractivity (Wildman–Crippen MR) is 94.4 cm³/mol. The summed E-state index contributed by atoms with van der Waals surface area (Å²) in [6.45, 7) is 3.11. The van der Waals surface area contributed by atoms with Gasteiger partial charge >= 0.3 is 12.0 Å². The van der Waals surface area contributed by atoms with Gasteiger partial charge in [-0.1, -0.05) is 0 Å². The molecule has 0 spiro atoms. The fourth-order valence-corrected chi connectivity index (χ4v) is 3.35. The predicted octanol–water partition coefficient (Wildman–Crippen LogP) is 2.03. The Morgan fingerprint density at radius 1 is 1.27 bits per heavy atom. The van der Waals surface area contributed by atoms with Crippen molar-refractivity contribution < 1.29 is 23.7 Å². The number of hydrogen-bond acceptors (Lipinski definition) is 8. The highest BCUT2D eigenvalue weighted by molar-refractivity contribution is 5.94. The normalized spacial score (nSPS) is 21.5. The molecule has 26 heavy (non-hydrogen) atoms. The highest BCUT2D eigenvalue weighted by Gasteiger charge is 2.26. The van der Waals surface area contributed by atoms with Gasteiger partial charge in [0.25, 0.3) is 0 Å². The minimum atomic E-state index is -0.442. The molecule has 0 saturated carbocycles. The van der Waals surface area contributed by atoms with Crippen LogP contribution >= 0.6 is 0 Å². The molecule has 0 aromatic carbocycles. The number of carbonyl (C=O) groups is 1. The lowest BCUT2D eigenvalue weighted by molar-refractivity contribution is -0.169. The molecule has 0 amide bonds. The van der Waals surface area contributed by atoms with Gasteiger partial charge in [-0.05, 0) is 38.0 Å².